The molecule has 0 unspecified atom stereocenters. The summed E-state index contributed by atoms with van der Waals surface area (Å²) in [6, 6.07) is 0. The lowest BCUT2D eigenvalue weighted by Crippen LogP contribution is -2.45. The predicted octanol–water partition coefficient (Wildman–Crippen LogP) is 4.38. The van der Waals surface area contributed by atoms with Crippen molar-refractivity contribution in [2.75, 3.05) is 6.54 Å². The second kappa shape index (κ2) is 5.50. The Kier molecular flexibility index (Phi) is 5.48. The fourth-order valence-corrected chi connectivity index (χ4v) is 2.58. The van der Waals surface area contributed by atoms with Crippen molar-refractivity contribution < 1.29 is 4.74 Å². The molecule has 0 amide bonds. The molecule has 0 aliphatic carbocycles. The summed E-state index contributed by atoms with van der Waals surface area (Å²) in [6.45, 7) is 23.0. The van der Waals surface area contributed by atoms with E-state index in [1.165, 1.54) is 0 Å². The summed E-state index contributed by atoms with van der Waals surface area (Å²) in [7, 11) is 0. The molecule has 0 saturated carbocycles. The van der Waals surface area contributed by atoms with Crippen molar-refractivity contribution in [3.8, 4) is 0 Å². The minimum atomic E-state index is -0.0959. The van der Waals surface area contributed by atoms with Crippen molar-refractivity contribution in [3.05, 3.63) is 0 Å². The van der Waals surface area contributed by atoms with Gasteiger partial charge in [-0.1, -0.05) is 13.8 Å². The van der Waals surface area contributed by atoms with Gasteiger partial charge in [0.25, 0.3) is 0 Å². The van der Waals surface area contributed by atoms with Gasteiger partial charge in [0.15, 0.2) is 0 Å². The molecule has 0 aromatic carbocycles. The molecule has 0 spiro atoms. The van der Waals surface area contributed by atoms with Gasteiger partial charge in [-0.15, -0.1) is 0 Å². The molecule has 0 fully saturated rings. The van der Waals surface area contributed by atoms with Crippen molar-refractivity contribution in [2.24, 2.45) is 5.41 Å². The topological polar surface area (TPSA) is 21.3 Å². The third kappa shape index (κ3) is 9.90. The number of ether oxygens (including phenoxy) is 1. The molecule has 2 heteroatoms. The van der Waals surface area contributed by atoms with Crippen LogP contribution in [-0.2, 0) is 4.74 Å². The first-order chi connectivity index (χ1) is 7.62. The lowest BCUT2D eigenvalue weighted by Gasteiger charge is -2.40. The van der Waals surface area contributed by atoms with E-state index in [4.69, 9.17) is 4.74 Å². The molecular formula is C16H35NO. The lowest BCUT2D eigenvalue weighted by atomic mass is 9.80. The summed E-state index contributed by atoms with van der Waals surface area (Å²) in [5, 5.41) is 3.59. The first-order valence-electron chi connectivity index (χ1n) is 7.07. The van der Waals surface area contributed by atoms with Crippen LogP contribution in [0, 0.1) is 5.41 Å². The van der Waals surface area contributed by atoms with E-state index in [1.54, 1.807) is 0 Å². The van der Waals surface area contributed by atoms with Gasteiger partial charge in [-0.05, 0) is 67.2 Å². The van der Waals surface area contributed by atoms with Crippen LogP contribution in [0.5, 0.6) is 0 Å². The van der Waals surface area contributed by atoms with Gasteiger partial charge in [-0.25, -0.2) is 0 Å². The van der Waals surface area contributed by atoms with Crippen molar-refractivity contribution in [1.82, 2.24) is 5.32 Å². The minimum absolute atomic E-state index is 0.0863. The molecule has 0 bridgehead atoms. The Morgan fingerprint density at radius 3 is 1.56 bits per heavy atom. The number of nitrogens with one attached hydrogen (secondary N) is 1. The highest BCUT2D eigenvalue weighted by atomic mass is 16.5. The van der Waals surface area contributed by atoms with Crippen LogP contribution in [0.25, 0.3) is 0 Å². The highest BCUT2D eigenvalue weighted by Gasteiger charge is 2.33. The third-order valence-electron chi connectivity index (χ3n) is 2.58. The van der Waals surface area contributed by atoms with Crippen LogP contribution in [0.15, 0.2) is 0 Å². The Labute approximate surface area is 115 Å². The van der Waals surface area contributed by atoms with Crippen molar-refractivity contribution in [2.45, 2.75) is 92.4 Å². The van der Waals surface area contributed by atoms with Gasteiger partial charge in [0.1, 0.15) is 0 Å². The Balaban J connectivity index is 4.47. The Hall–Kier alpha value is -0.0800. The summed E-state index contributed by atoms with van der Waals surface area (Å²) in [5.41, 5.74) is 0.215. The van der Waals surface area contributed by atoms with E-state index in [0.717, 1.165) is 13.0 Å². The van der Waals surface area contributed by atoms with Crippen molar-refractivity contribution >= 4 is 0 Å². The third-order valence-corrected chi connectivity index (χ3v) is 2.58. The van der Waals surface area contributed by atoms with E-state index in [9.17, 15) is 0 Å². The maximum absolute atomic E-state index is 6.17. The van der Waals surface area contributed by atoms with Gasteiger partial charge >= 0.3 is 0 Å². The summed E-state index contributed by atoms with van der Waals surface area (Å²) < 4.78 is 6.17. The monoisotopic (exact) mass is 257 g/mol. The van der Waals surface area contributed by atoms with E-state index in [1.807, 2.05) is 0 Å². The molecule has 0 atom stereocenters. The predicted molar refractivity (Wildman–Crippen MR) is 81.1 cm³/mol. The number of hydrogen-bond donors (Lipinski definition) is 1. The van der Waals surface area contributed by atoms with E-state index < -0.39 is 0 Å². The molecule has 0 heterocycles. The standard InChI is InChI=1S/C16H35NO/c1-13(2,3)17-12-15(7,8)11-16(9,10)18-14(4,5)6/h17H,11-12H2,1-10H3. The summed E-state index contributed by atoms with van der Waals surface area (Å²) in [5.74, 6) is 0. The summed E-state index contributed by atoms with van der Waals surface area (Å²) in [4.78, 5) is 0. The summed E-state index contributed by atoms with van der Waals surface area (Å²) in [6.07, 6.45) is 1.04. The van der Waals surface area contributed by atoms with Crippen LogP contribution in [-0.4, -0.2) is 23.3 Å². The SMILES string of the molecule is CC(C)(CNC(C)(C)C)CC(C)(C)OC(C)(C)C. The molecule has 18 heavy (non-hydrogen) atoms. The zero-order chi connectivity index (χ0) is 14.8. The van der Waals surface area contributed by atoms with Gasteiger partial charge in [-0.3, -0.25) is 0 Å². The van der Waals surface area contributed by atoms with Crippen LogP contribution < -0.4 is 5.32 Å². The Morgan fingerprint density at radius 1 is 0.778 bits per heavy atom. The quantitative estimate of drug-likeness (QED) is 0.789. The first-order valence-corrected chi connectivity index (χ1v) is 7.07. The zero-order valence-electron chi connectivity index (χ0n) is 14.3. The second-order valence-electron chi connectivity index (χ2n) is 8.92. The van der Waals surface area contributed by atoms with E-state index in [2.05, 4.69) is 74.6 Å². The van der Waals surface area contributed by atoms with Gasteiger partial charge in [-0.2, -0.15) is 0 Å². The molecule has 0 aromatic heterocycles. The van der Waals surface area contributed by atoms with E-state index in [-0.39, 0.29) is 22.2 Å². The van der Waals surface area contributed by atoms with Gasteiger partial charge < -0.3 is 10.1 Å². The molecule has 0 rings (SSSR count). The zero-order valence-corrected chi connectivity index (χ0v) is 14.3. The maximum Gasteiger partial charge on any atom is 0.0639 e. The maximum atomic E-state index is 6.17. The highest BCUT2D eigenvalue weighted by Crippen LogP contribution is 2.32. The van der Waals surface area contributed by atoms with E-state index in [0.29, 0.717) is 0 Å². The molecule has 1 N–H and O–H groups in total. The van der Waals surface area contributed by atoms with Gasteiger partial charge in [0.05, 0.1) is 11.2 Å². The molecule has 2 nitrogen and oxygen atoms in total. The molecule has 0 radical (unpaired) electrons. The fraction of sp³-hybridized carbons (Fsp3) is 1.00. The average molecular weight is 257 g/mol. The largest absolute Gasteiger partial charge is 0.370 e. The number of rotatable bonds is 5. The molecular weight excluding hydrogens is 222 g/mol. The molecule has 0 saturated heterocycles. The molecule has 0 aromatic rings. The van der Waals surface area contributed by atoms with Crippen molar-refractivity contribution in [3.63, 3.8) is 0 Å². The Morgan fingerprint density at radius 2 is 1.22 bits per heavy atom. The van der Waals surface area contributed by atoms with Crippen LogP contribution in [0.4, 0.5) is 0 Å². The first kappa shape index (κ1) is 17.9. The van der Waals surface area contributed by atoms with Crippen LogP contribution >= 0.6 is 0 Å². The lowest BCUT2D eigenvalue weighted by molar-refractivity contribution is -0.128. The average Bonchev–Trinajstić information content (AvgIpc) is 1.91. The molecule has 0 aliphatic rings. The van der Waals surface area contributed by atoms with Crippen LogP contribution in [0.1, 0.15) is 75.7 Å². The summed E-state index contributed by atoms with van der Waals surface area (Å²) >= 11 is 0. The number of hydrogen-bond acceptors (Lipinski definition) is 2. The van der Waals surface area contributed by atoms with Gasteiger partial charge in [0, 0.05) is 12.1 Å². The Bertz CT molecular complexity index is 253. The highest BCUT2D eigenvalue weighted by molar-refractivity contribution is 4.85. The van der Waals surface area contributed by atoms with Crippen LogP contribution in [0.2, 0.25) is 0 Å². The molecule has 0 aliphatic heterocycles. The fourth-order valence-electron chi connectivity index (χ4n) is 2.58. The minimum Gasteiger partial charge on any atom is -0.370 e. The second-order valence-corrected chi connectivity index (χ2v) is 8.92. The van der Waals surface area contributed by atoms with Crippen LogP contribution in [0.3, 0.4) is 0 Å². The van der Waals surface area contributed by atoms with Crippen molar-refractivity contribution in [1.29, 1.82) is 0 Å². The van der Waals surface area contributed by atoms with Gasteiger partial charge in [0.2, 0.25) is 0 Å². The molecule has 110 valence electrons. The smallest absolute Gasteiger partial charge is 0.0639 e. The normalized spacial score (nSPS) is 15.0. The van der Waals surface area contributed by atoms with E-state index >= 15 is 0 Å².